The second kappa shape index (κ2) is 2.68. The highest BCUT2D eigenvalue weighted by Gasteiger charge is 2.05. The number of H-pyrrole nitrogens is 1. The molecule has 2 heterocycles. The Labute approximate surface area is 79.4 Å². The largest absolute Gasteiger partial charge is 0.300 e. The van der Waals surface area contributed by atoms with Crippen LogP contribution in [0.25, 0.3) is 5.65 Å². The molecule has 0 aromatic carbocycles. The third-order valence-electron chi connectivity index (χ3n) is 1.90. The number of aromatic nitrogens is 3. The van der Waals surface area contributed by atoms with Gasteiger partial charge in [0.2, 0.25) is 0 Å². The van der Waals surface area contributed by atoms with Crippen molar-refractivity contribution in [3.8, 4) is 6.07 Å². The molecule has 2 aromatic rings. The average molecular weight is 190 g/mol. The molecule has 2 rings (SSSR count). The Morgan fingerprint density at radius 3 is 3.15 bits per heavy atom. The second-order valence-electron chi connectivity index (χ2n) is 2.65. The Morgan fingerprint density at radius 2 is 2.46 bits per heavy atom. The summed E-state index contributed by atoms with van der Waals surface area (Å²) in [6.07, 6.45) is 1.76. The second-order valence-corrected chi connectivity index (χ2v) is 3.03. The summed E-state index contributed by atoms with van der Waals surface area (Å²) in [5.41, 5.74) is 1.99. The number of hydrogen-bond acceptors (Lipinski definition) is 3. The van der Waals surface area contributed by atoms with Gasteiger partial charge in [-0.3, -0.25) is 5.10 Å². The van der Waals surface area contributed by atoms with E-state index in [9.17, 15) is 0 Å². The van der Waals surface area contributed by atoms with Gasteiger partial charge in [-0.1, -0.05) is 12.2 Å². The molecule has 64 valence electrons. The number of aryl methyl sites for hydroxylation is 1. The van der Waals surface area contributed by atoms with E-state index < -0.39 is 0 Å². The quantitative estimate of drug-likeness (QED) is 0.641. The predicted molar refractivity (Wildman–Crippen MR) is 49.8 cm³/mol. The van der Waals surface area contributed by atoms with E-state index in [0.29, 0.717) is 10.2 Å². The van der Waals surface area contributed by atoms with Crippen molar-refractivity contribution in [3.05, 3.63) is 28.2 Å². The van der Waals surface area contributed by atoms with Crippen LogP contribution in [0.2, 0.25) is 0 Å². The van der Waals surface area contributed by atoms with Crippen LogP contribution in [0.1, 0.15) is 11.3 Å². The molecular formula is C8H6N4S. The first-order valence-electron chi connectivity index (χ1n) is 3.71. The maximum absolute atomic E-state index is 8.81. The number of nitrogens with one attached hydrogen (secondary N) is 1. The highest BCUT2D eigenvalue weighted by atomic mass is 32.1. The van der Waals surface area contributed by atoms with Crippen molar-refractivity contribution in [3.63, 3.8) is 0 Å². The first-order valence-corrected chi connectivity index (χ1v) is 4.11. The van der Waals surface area contributed by atoms with Crippen LogP contribution in [0.3, 0.4) is 0 Å². The lowest BCUT2D eigenvalue weighted by Crippen LogP contribution is -1.99. The maximum atomic E-state index is 8.81. The van der Waals surface area contributed by atoms with Crippen LogP contribution in [0.5, 0.6) is 0 Å². The monoisotopic (exact) mass is 190 g/mol. The standard InChI is InChI=1S/C8H6N4S/c1-5-6(4-9)8(13)11-7-2-3-10-12(5)7/h2-3,10H,1H3. The van der Waals surface area contributed by atoms with E-state index in [-0.39, 0.29) is 0 Å². The fourth-order valence-electron chi connectivity index (χ4n) is 1.24. The van der Waals surface area contributed by atoms with E-state index in [2.05, 4.69) is 10.1 Å². The maximum Gasteiger partial charge on any atom is 0.154 e. The van der Waals surface area contributed by atoms with Crippen molar-refractivity contribution in [1.82, 2.24) is 14.6 Å². The van der Waals surface area contributed by atoms with Crippen molar-refractivity contribution in [2.45, 2.75) is 6.92 Å². The summed E-state index contributed by atoms with van der Waals surface area (Å²) in [6, 6.07) is 3.85. The van der Waals surface area contributed by atoms with E-state index in [0.717, 1.165) is 11.3 Å². The Bertz CT molecular complexity index is 558. The Hall–Kier alpha value is -1.67. The smallest absolute Gasteiger partial charge is 0.154 e. The Kier molecular flexibility index (Phi) is 1.64. The van der Waals surface area contributed by atoms with Crippen molar-refractivity contribution in [2.75, 3.05) is 0 Å². The van der Waals surface area contributed by atoms with E-state index in [1.807, 2.05) is 19.1 Å². The van der Waals surface area contributed by atoms with Crippen LogP contribution in [-0.2, 0) is 0 Å². The lowest BCUT2D eigenvalue weighted by atomic mass is 10.3. The zero-order chi connectivity index (χ0) is 9.42. The highest BCUT2D eigenvalue weighted by Crippen LogP contribution is 2.09. The van der Waals surface area contributed by atoms with Crippen molar-refractivity contribution in [1.29, 1.82) is 5.26 Å². The molecular weight excluding hydrogens is 184 g/mol. The lowest BCUT2D eigenvalue weighted by molar-refractivity contribution is 0.886. The van der Waals surface area contributed by atoms with Crippen molar-refractivity contribution < 1.29 is 0 Å². The van der Waals surface area contributed by atoms with Crippen LogP contribution in [-0.4, -0.2) is 14.6 Å². The van der Waals surface area contributed by atoms with E-state index in [1.54, 1.807) is 10.7 Å². The molecule has 0 saturated carbocycles. The summed E-state index contributed by atoms with van der Waals surface area (Å²) in [5.74, 6) is 0. The number of nitriles is 1. The molecule has 1 N–H and O–H groups in total. The first-order chi connectivity index (χ1) is 6.24. The van der Waals surface area contributed by atoms with Gasteiger partial charge >= 0.3 is 0 Å². The van der Waals surface area contributed by atoms with E-state index in [1.165, 1.54) is 0 Å². The van der Waals surface area contributed by atoms with Gasteiger partial charge in [0.25, 0.3) is 0 Å². The van der Waals surface area contributed by atoms with Gasteiger partial charge in [0.05, 0.1) is 5.69 Å². The zero-order valence-corrected chi connectivity index (χ0v) is 7.72. The van der Waals surface area contributed by atoms with Gasteiger partial charge < -0.3 is 0 Å². The van der Waals surface area contributed by atoms with Crippen LogP contribution in [0.4, 0.5) is 0 Å². The van der Waals surface area contributed by atoms with E-state index >= 15 is 0 Å². The van der Waals surface area contributed by atoms with Crippen molar-refractivity contribution >= 4 is 17.9 Å². The van der Waals surface area contributed by atoms with Crippen molar-refractivity contribution in [2.24, 2.45) is 0 Å². The molecule has 0 bridgehead atoms. The minimum atomic E-state index is 0.361. The number of aromatic amines is 1. The summed E-state index contributed by atoms with van der Waals surface area (Å²) in [5, 5.41) is 11.8. The molecule has 0 radical (unpaired) electrons. The minimum Gasteiger partial charge on any atom is -0.300 e. The molecule has 0 aliphatic heterocycles. The number of nitrogens with zero attached hydrogens (tertiary/aromatic N) is 3. The summed E-state index contributed by atoms with van der Waals surface area (Å²) in [6.45, 7) is 1.83. The van der Waals surface area contributed by atoms with Crippen LogP contribution in [0, 0.1) is 22.9 Å². The van der Waals surface area contributed by atoms with Gasteiger partial charge in [-0.25, -0.2) is 9.50 Å². The van der Waals surface area contributed by atoms with Gasteiger partial charge in [0, 0.05) is 12.3 Å². The molecule has 0 unspecified atom stereocenters. The molecule has 2 aromatic heterocycles. The molecule has 4 nitrogen and oxygen atoms in total. The predicted octanol–water partition coefficient (Wildman–Crippen LogP) is 1.57. The van der Waals surface area contributed by atoms with Crippen LogP contribution < -0.4 is 0 Å². The number of rotatable bonds is 0. The molecule has 0 aliphatic rings. The van der Waals surface area contributed by atoms with E-state index in [4.69, 9.17) is 17.5 Å². The summed E-state index contributed by atoms with van der Waals surface area (Å²) < 4.78 is 2.09. The topological polar surface area (TPSA) is 56.9 Å². The van der Waals surface area contributed by atoms with Gasteiger partial charge in [-0.15, -0.1) is 0 Å². The minimum absolute atomic E-state index is 0.361. The number of fused-ring (bicyclic) bond motifs is 1. The summed E-state index contributed by atoms with van der Waals surface area (Å²) in [4.78, 5) is 4.09. The molecule has 5 heteroatoms. The zero-order valence-electron chi connectivity index (χ0n) is 6.90. The molecule has 0 atom stereocenters. The first kappa shape index (κ1) is 7.95. The summed E-state index contributed by atoms with van der Waals surface area (Å²) >= 11 is 4.97. The molecule has 0 amide bonds. The molecule has 0 saturated heterocycles. The van der Waals surface area contributed by atoms with Crippen LogP contribution >= 0.6 is 12.2 Å². The normalized spacial score (nSPS) is 10.2. The van der Waals surface area contributed by atoms with Gasteiger partial charge in [0.15, 0.2) is 5.65 Å². The average Bonchev–Trinajstić information content (AvgIpc) is 2.53. The molecule has 0 spiro atoms. The van der Waals surface area contributed by atoms with Gasteiger partial charge in [-0.05, 0) is 6.92 Å². The van der Waals surface area contributed by atoms with Gasteiger partial charge in [-0.2, -0.15) is 5.26 Å². The molecule has 0 aliphatic carbocycles. The lowest BCUT2D eigenvalue weighted by Gasteiger charge is -2.00. The SMILES string of the molecule is Cc1c(C#N)c(=S)nc2cc[nH]n12. The molecule has 0 fully saturated rings. The fourth-order valence-corrected chi connectivity index (χ4v) is 1.53. The third-order valence-corrected chi connectivity index (χ3v) is 2.20. The van der Waals surface area contributed by atoms with Gasteiger partial charge in [0.1, 0.15) is 16.3 Å². The number of hydrogen-bond donors (Lipinski definition) is 1. The Balaban J connectivity index is 3.04. The molecule has 13 heavy (non-hydrogen) atoms. The Morgan fingerprint density at radius 1 is 1.69 bits per heavy atom. The third kappa shape index (κ3) is 1.03. The van der Waals surface area contributed by atoms with Crippen LogP contribution in [0.15, 0.2) is 12.3 Å². The summed E-state index contributed by atoms with van der Waals surface area (Å²) in [7, 11) is 0. The fraction of sp³-hybridized carbons (Fsp3) is 0.125. The highest BCUT2D eigenvalue weighted by molar-refractivity contribution is 7.71.